The van der Waals surface area contributed by atoms with Crippen LogP contribution in [0.25, 0.3) is 0 Å². The van der Waals surface area contributed by atoms with Gasteiger partial charge in [0.25, 0.3) is 5.91 Å². The first-order valence-electron chi connectivity index (χ1n) is 5.08. The lowest BCUT2D eigenvalue weighted by Crippen LogP contribution is -2.41. The molecule has 1 aromatic heterocycles. The molecule has 16 heavy (non-hydrogen) atoms. The molecule has 2 atom stereocenters. The molecule has 0 aromatic carbocycles. The van der Waals surface area contributed by atoms with Gasteiger partial charge in [0, 0.05) is 11.3 Å². The lowest BCUT2D eigenvalue weighted by molar-refractivity contribution is 0.0934. The van der Waals surface area contributed by atoms with Crippen LogP contribution in [0, 0.1) is 6.92 Å². The normalized spacial score (nSPS) is 14.5. The summed E-state index contributed by atoms with van der Waals surface area (Å²) in [5.74, 6) is 0.445. The third-order valence-corrected chi connectivity index (χ3v) is 3.67. The number of amides is 1. The molecule has 2 unspecified atom stereocenters. The topological polar surface area (TPSA) is 62.5 Å². The van der Waals surface area contributed by atoms with Gasteiger partial charge in [-0.05, 0) is 26.2 Å². The van der Waals surface area contributed by atoms with Crippen LogP contribution in [-0.2, 0) is 0 Å². The lowest BCUT2D eigenvalue weighted by atomic mass is 10.2. The van der Waals surface area contributed by atoms with Crippen LogP contribution in [0.2, 0.25) is 0 Å². The van der Waals surface area contributed by atoms with E-state index in [0.717, 1.165) is 0 Å². The minimum Gasteiger partial charge on any atom is -0.469 e. The van der Waals surface area contributed by atoms with Crippen molar-refractivity contribution in [3.63, 3.8) is 0 Å². The summed E-state index contributed by atoms with van der Waals surface area (Å²) in [5.41, 5.74) is 0.546. The van der Waals surface area contributed by atoms with Gasteiger partial charge < -0.3 is 14.8 Å². The van der Waals surface area contributed by atoms with E-state index in [2.05, 4.69) is 5.32 Å². The molecular weight excluding hydrogens is 226 g/mol. The van der Waals surface area contributed by atoms with Gasteiger partial charge in [0.15, 0.2) is 0 Å². The number of furan rings is 1. The Kier molecular flexibility index (Phi) is 4.89. The predicted molar refractivity (Wildman–Crippen MR) is 64.8 cm³/mol. The quantitative estimate of drug-likeness (QED) is 0.821. The summed E-state index contributed by atoms with van der Waals surface area (Å²) in [7, 11) is 0. The molecule has 0 bridgehead atoms. The molecular formula is C11H17NO3S. The van der Waals surface area contributed by atoms with Crippen molar-refractivity contribution in [2.75, 3.05) is 12.9 Å². The zero-order valence-corrected chi connectivity index (χ0v) is 10.5. The molecule has 0 aliphatic heterocycles. The van der Waals surface area contributed by atoms with E-state index in [9.17, 15) is 4.79 Å². The SMILES string of the molecule is CSC(CO)C(C)NC(=O)c1ccoc1C. The maximum absolute atomic E-state index is 11.8. The molecule has 2 N–H and O–H groups in total. The number of nitrogens with one attached hydrogen (secondary N) is 1. The Morgan fingerprint density at radius 3 is 2.81 bits per heavy atom. The standard InChI is InChI=1S/C11H17NO3S/c1-7(10(6-13)16-3)12-11(14)9-4-5-15-8(9)2/h4-5,7,10,13H,6H2,1-3H3,(H,12,14). The second-order valence-corrected chi connectivity index (χ2v) is 4.69. The second kappa shape index (κ2) is 5.96. The Hall–Kier alpha value is -0.940. The van der Waals surface area contributed by atoms with Crippen molar-refractivity contribution in [3.8, 4) is 0 Å². The summed E-state index contributed by atoms with van der Waals surface area (Å²) in [6.45, 7) is 3.68. The van der Waals surface area contributed by atoms with E-state index in [1.807, 2.05) is 13.2 Å². The fraction of sp³-hybridized carbons (Fsp3) is 0.545. The van der Waals surface area contributed by atoms with E-state index >= 15 is 0 Å². The third kappa shape index (κ3) is 3.02. The van der Waals surface area contributed by atoms with Gasteiger partial charge in [-0.1, -0.05) is 0 Å². The molecule has 90 valence electrons. The van der Waals surface area contributed by atoms with Crippen LogP contribution < -0.4 is 5.32 Å². The molecule has 1 rings (SSSR count). The summed E-state index contributed by atoms with van der Waals surface area (Å²) in [6, 6.07) is 1.56. The number of aryl methyl sites for hydroxylation is 1. The van der Waals surface area contributed by atoms with Gasteiger partial charge >= 0.3 is 0 Å². The Labute approximate surface area is 99.4 Å². The van der Waals surface area contributed by atoms with Crippen molar-refractivity contribution in [3.05, 3.63) is 23.7 Å². The van der Waals surface area contributed by atoms with Crippen LogP contribution in [-0.4, -0.2) is 35.2 Å². The summed E-state index contributed by atoms with van der Waals surface area (Å²) < 4.78 is 5.06. The first-order valence-corrected chi connectivity index (χ1v) is 6.37. The highest BCUT2D eigenvalue weighted by atomic mass is 32.2. The summed E-state index contributed by atoms with van der Waals surface area (Å²) in [4.78, 5) is 11.8. The molecule has 1 amide bonds. The number of carbonyl (C=O) groups is 1. The number of rotatable bonds is 5. The van der Waals surface area contributed by atoms with Gasteiger partial charge in [-0.25, -0.2) is 0 Å². The highest BCUT2D eigenvalue weighted by Crippen LogP contribution is 2.13. The predicted octanol–water partition coefficient (Wildman–Crippen LogP) is 1.43. The second-order valence-electron chi connectivity index (χ2n) is 3.61. The van der Waals surface area contributed by atoms with Crippen LogP contribution in [0.1, 0.15) is 23.0 Å². The molecule has 0 saturated heterocycles. The smallest absolute Gasteiger partial charge is 0.255 e. The molecule has 1 heterocycles. The van der Waals surface area contributed by atoms with E-state index in [1.54, 1.807) is 13.0 Å². The molecule has 0 fully saturated rings. The molecule has 5 heteroatoms. The minimum atomic E-state index is -0.161. The number of carbonyl (C=O) groups excluding carboxylic acids is 1. The van der Waals surface area contributed by atoms with E-state index in [1.165, 1.54) is 18.0 Å². The van der Waals surface area contributed by atoms with Gasteiger partial charge in [0.1, 0.15) is 5.76 Å². The number of thioether (sulfide) groups is 1. The molecule has 4 nitrogen and oxygen atoms in total. The number of aliphatic hydroxyl groups excluding tert-OH is 1. The summed E-state index contributed by atoms with van der Waals surface area (Å²) in [6.07, 6.45) is 3.40. The van der Waals surface area contributed by atoms with Crippen molar-refractivity contribution in [1.82, 2.24) is 5.32 Å². The first kappa shape index (κ1) is 13.1. The molecule has 1 aromatic rings. The van der Waals surface area contributed by atoms with Crippen molar-refractivity contribution in [1.29, 1.82) is 0 Å². The van der Waals surface area contributed by atoms with Crippen LogP contribution in [0.4, 0.5) is 0 Å². The molecule has 0 spiro atoms. The highest BCUT2D eigenvalue weighted by molar-refractivity contribution is 7.99. The van der Waals surface area contributed by atoms with E-state index in [0.29, 0.717) is 11.3 Å². The highest BCUT2D eigenvalue weighted by Gasteiger charge is 2.19. The van der Waals surface area contributed by atoms with E-state index in [4.69, 9.17) is 9.52 Å². The van der Waals surface area contributed by atoms with Crippen molar-refractivity contribution < 1.29 is 14.3 Å². The maximum Gasteiger partial charge on any atom is 0.255 e. The van der Waals surface area contributed by atoms with Crippen molar-refractivity contribution in [2.45, 2.75) is 25.1 Å². The average molecular weight is 243 g/mol. The van der Waals surface area contributed by atoms with Crippen LogP contribution in [0.3, 0.4) is 0 Å². The van der Waals surface area contributed by atoms with E-state index in [-0.39, 0.29) is 23.8 Å². The zero-order chi connectivity index (χ0) is 12.1. The number of hydrogen-bond acceptors (Lipinski definition) is 4. The van der Waals surface area contributed by atoms with Gasteiger partial charge in [-0.15, -0.1) is 0 Å². The Morgan fingerprint density at radius 1 is 1.69 bits per heavy atom. The monoisotopic (exact) mass is 243 g/mol. The van der Waals surface area contributed by atoms with Crippen LogP contribution in [0.15, 0.2) is 16.7 Å². The number of aliphatic hydroxyl groups is 1. The minimum absolute atomic E-state index is 0.0103. The van der Waals surface area contributed by atoms with E-state index < -0.39 is 0 Å². The summed E-state index contributed by atoms with van der Waals surface area (Å²) >= 11 is 1.53. The maximum atomic E-state index is 11.8. The fourth-order valence-corrected chi connectivity index (χ4v) is 2.06. The van der Waals surface area contributed by atoms with Crippen molar-refractivity contribution >= 4 is 17.7 Å². The van der Waals surface area contributed by atoms with Gasteiger partial charge in [0.05, 0.1) is 18.4 Å². The zero-order valence-electron chi connectivity index (χ0n) is 9.69. The largest absolute Gasteiger partial charge is 0.469 e. The Morgan fingerprint density at radius 2 is 2.38 bits per heavy atom. The molecule has 0 radical (unpaired) electrons. The van der Waals surface area contributed by atoms with Crippen molar-refractivity contribution in [2.24, 2.45) is 0 Å². The van der Waals surface area contributed by atoms with Gasteiger partial charge in [-0.2, -0.15) is 11.8 Å². The third-order valence-electron chi connectivity index (χ3n) is 2.50. The van der Waals surface area contributed by atoms with Gasteiger partial charge in [-0.3, -0.25) is 4.79 Å². The molecule has 0 saturated carbocycles. The molecule has 0 aliphatic carbocycles. The average Bonchev–Trinajstić information content (AvgIpc) is 2.66. The van der Waals surface area contributed by atoms with Crippen LogP contribution >= 0.6 is 11.8 Å². The fourth-order valence-electron chi connectivity index (χ4n) is 1.43. The number of hydrogen-bond donors (Lipinski definition) is 2. The lowest BCUT2D eigenvalue weighted by Gasteiger charge is -2.21. The van der Waals surface area contributed by atoms with Crippen LogP contribution in [0.5, 0.6) is 0 Å². The Bertz CT molecular complexity index is 347. The molecule has 0 aliphatic rings. The Balaban J connectivity index is 2.61. The first-order chi connectivity index (χ1) is 7.60. The van der Waals surface area contributed by atoms with Gasteiger partial charge in [0.2, 0.25) is 0 Å². The summed E-state index contributed by atoms with van der Waals surface area (Å²) in [5, 5.41) is 12.0.